The Kier molecular flexibility index (Phi) is 18.9. The van der Waals surface area contributed by atoms with Crippen LogP contribution in [0, 0.1) is 0 Å². The summed E-state index contributed by atoms with van der Waals surface area (Å²) in [6.07, 6.45) is 0. The Morgan fingerprint density at radius 1 is 0.833 bits per heavy atom. The highest BCUT2D eigenvalue weighted by molar-refractivity contribution is 4.68. The van der Waals surface area contributed by atoms with E-state index in [1.165, 1.54) is 26.2 Å². The largest absolute Gasteiger partial charge is 0.382 e. The van der Waals surface area contributed by atoms with Crippen molar-refractivity contribution >= 4 is 0 Å². The summed E-state index contributed by atoms with van der Waals surface area (Å²) in [5, 5.41) is 0. The van der Waals surface area contributed by atoms with Crippen LogP contribution in [0.5, 0.6) is 0 Å². The summed E-state index contributed by atoms with van der Waals surface area (Å²) in [6.45, 7) is 16.0. The average molecular weight is 262 g/mol. The van der Waals surface area contributed by atoms with Gasteiger partial charge in [-0.25, -0.2) is 0 Å². The third-order valence-corrected chi connectivity index (χ3v) is 2.58. The monoisotopic (exact) mass is 262 g/mol. The van der Waals surface area contributed by atoms with Crippen molar-refractivity contribution in [3.05, 3.63) is 0 Å². The van der Waals surface area contributed by atoms with Crippen LogP contribution in [0.1, 0.15) is 27.7 Å². The fraction of sp³-hybridized carbons (Fsp3) is 1.00. The van der Waals surface area contributed by atoms with Gasteiger partial charge >= 0.3 is 0 Å². The number of rotatable bonds is 6. The highest BCUT2D eigenvalue weighted by Crippen LogP contribution is 1.98. The van der Waals surface area contributed by atoms with E-state index in [9.17, 15) is 0 Å². The molecule has 4 heteroatoms. The Bertz CT molecular complexity index is 138. The van der Waals surface area contributed by atoms with Gasteiger partial charge in [0.25, 0.3) is 0 Å². The number of hydrogen-bond acceptors (Lipinski definition) is 4. The van der Waals surface area contributed by atoms with E-state index in [2.05, 4.69) is 16.8 Å². The quantitative estimate of drug-likeness (QED) is 0.683. The Labute approximate surface area is 114 Å². The first-order valence-electron chi connectivity index (χ1n) is 7.30. The van der Waals surface area contributed by atoms with Gasteiger partial charge in [-0.15, -0.1) is 0 Å². The van der Waals surface area contributed by atoms with E-state index >= 15 is 0 Å². The first kappa shape index (κ1) is 20.2. The maximum Gasteiger partial charge on any atom is 0.0700 e. The normalized spacial score (nSPS) is 16.3. The molecular weight excluding hydrogens is 228 g/mol. The first-order chi connectivity index (χ1) is 8.83. The molecule has 112 valence electrons. The molecular formula is C14H34N2O2. The van der Waals surface area contributed by atoms with Crippen molar-refractivity contribution in [1.29, 1.82) is 0 Å². The van der Waals surface area contributed by atoms with Crippen LogP contribution in [0.15, 0.2) is 0 Å². The molecule has 0 aromatic rings. The summed E-state index contributed by atoms with van der Waals surface area (Å²) >= 11 is 0. The third-order valence-electron chi connectivity index (χ3n) is 2.58. The summed E-state index contributed by atoms with van der Waals surface area (Å²) < 4.78 is 10.3. The summed E-state index contributed by atoms with van der Waals surface area (Å²) in [7, 11) is 3.87. The molecule has 0 radical (unpaired) electrons. The Hall–Kier alpha value is -0.160. The van der Waals surface area contributed by atoms with Gasteiger partial charge in [0.05, 0.1) is 19.8 Å². The smallest absolute Gasteiger partial charge is 0.0700 e. The molecule has 0 aromatic carbocycles. The van der Waals surface area contributed by atoms with Crippen molar-refractivity contribution in [1.82, 2.24) is 9.80 Å². The minimum Gasteiger partial charge on any atom is -0.382 e. The molecule has 0 amide bonds. The van der Waals surface area contributed by atoms with Gasteiger partial charge in [0.2, 0.25) is 0 Å². The number of likely N-dealkylation sites (N-methyl/N-ethyl adjacent to an activating group) is 1. The highest BCUT2D eigenvalue weighted by atomic mass is 16.5. The van der Waals surface area contributed by atoms with Crippen molar-refractivity contribution < 1.29 is 9.47 Å². The minimum absolute atomic E-state index is 0.697. The van der Waals surface area contributed by atoms with Crippen molar-refractivity contribution in [2.75, 3.05) is 66.7 Å². The number of hydrogen-bond donors (Lipinski definition) is 0. The van der Waals surface area contributed by atoms with Crippen molar-refractivity contribution in [2.24, 2.45) is 0 Å². The van der Waals surface area contributed by atoms with Crippen LogP contribution in [-0.2, 0) is 9.47 Å². The van der Waals surface area contributed by atoms with Crippen LogP contribution in [0.25, 0.3) is 0 Å². The zero-order valence-electron chi connectivity index (χ0n) is 13.4. The summed E-state index contributed by atoms with van der Waals surface area (Å²) in [5.41, 5.74) is 0. The predicted octanol–water partition coefficient (Wildman–Crippen LogP) is 1.95. The SMILES string of the molecule is CC.CC.COCCOCCN1CCN(C)CC1. The second-order valence-corrected chi connectivity index (χ2v) is 3.75. The van der Waals surface area contributed by atoms with Crippen molar-refractivity contribution in [3.63, 3.8) is 0 Å². The second-order valence-electron chi connectivity index (χ2n) is 3.75. The molecule has 0 unspecified atom stereocenters. The molecule has 0 aromatic heterocycles. The van der Waals surface area contributed by atoms with E-state index < -0.39 is 0 Å². The van der Waals surface area contributed by atoms with Gasteiger partial charge in [0.1, 0.15) is 0 Å². The van der Waals surface area contributed by atoms with Crippen LogP contribution in [-0.4, -0.2) is 76.5 Å². The molecule has 0 saturated carbocycles. The maximum atomic E-state index is 5.42. The van der Waals surface area contributed by atoms with Crippen LogP contribution >= 0.6 is 0 Å². The van der Waals surface area contributed by atoms with Crippen molar-refractivity contribution in [3.8, 4) is 0 Å². The van der Waals surface area contributed by atoms with E-state index in [0.29, 0.717) is 13.2 Å². The molecule has 18 heavy (non-hydrogen) atoms. The lowest BCUT2D eigenvalue weighted by molar-refractivity contribution is 0.0486. The minimum atomic E-state index is 0.697. The molecule has 0 spiro atoms. The molecule has 0 aliphatic carbocycles. The zero-order valence-corrected chi connectivity index (χ0v) is 13.4. The summed E-state index contributed by atoms with van der Waals surface area (Å²) in [6, 6.07) is 0. The Morgan fingerprint density at radius 2 is 1.39 bits per heavy atom. The molecule has 0 atom stereocenters. The van der Waals surface area contributed by atoms with Crippen molar-refractivity contribution in [2.45, 2.75) is 27.7 Å². The van der Waals surface area contributed by atoms with E-state index in [1.54, 1.807) is 7.11 Å². The third kappa shape index (κ3) is 12.3. The van der Waals surface area contributed by atoms with Gasteiger partial charge in [-0.2, -0.15) is 0 Å². The lowest BCUT2D eigenvalue weighted by Crippen LogP contribution is -2.45. The number of nitrogens with zero attached hydrogens (tertiary/aromatic N) is 2. The first-order valence-corrected chi connectivity index (χ1v) is 7.30. The lowest BCUT2D eigenvalue weighted by atomic mass is 10.3. The fourth-order valence-electron chi connectivity index (χ4n) is 1.51. The van der Waals surface area contributed by atoms with Crippen LogP contribution in [0.2, 0.25) is 0 Å². The molecule has 1 aliphatic rings. The molecule has 1 heterocycles. The lowest BCUT2D eigenvalue weighted by Gasteiger charge is -2.32. The maximum absolute atomic E-state index is 5.42. The number of methoxy groups -OCH3 is 1. The molecule has 0 bridgehead atoms. The fourth-order valence-corrected chi connectivity index (χ4v) is 1.51. The topological polar surface area (TPSA) is 24.9 Å². The van der Waals surface area contributed by atoms with Gasteiger partial charge in [-0.05, 0) is 7.05 Å². The van der Waals surface area contributed by atoms with E-state index in [1.807, 2.05) is 27.7 Å². The van der Waals surface area contributed by atoms with E-state index in [-0.39, 0.29) is 0 Å². The number of ether oxygens (including phenoxy) is 2. The summed E-state index contributed by atoms with van der Waals surface area (Å²) in [4.78, 5) is 4.81. The molecule has 1 saturated heterocycles. The second kappa shape index (κ2) is 16.8. The predicted molar refractivity (Wildman–Crippen MR) is 79.3 cm³/mol. The Balaban J connectivity index is 0. The standard InChI is InChI=1S/C10H22N2O2.2C2H6/c1-11-3-5-12(6-4-11)7-8-14-10-9-13-2;2*1-2/h3-10H2,1-2H3;2*1-2H3. The Morgan fingerprint density at radius 3 is 1.89 bits per heavy atom. The van der Waals surface area contributed by atoms with Gasteiger partial charge in [-0.3, -0.25) is 4.90 Å². The van der Waals surface area contributed by atoms with Gasteiger partial charge in [0.15, 0.2) is 0 Å². The highest BCUT2D eigenvalue weighted by Gasteiger charge is 2.12. The van der Waals surface area contributed by atoms with Crippen LogP contribution in [0.4, 0.5) is 0 Å². The summed E-state index contributed by atoms with van der Waals surface area (Å²) in [5.74, 6) is 0. The van der Waals surface area contributed by atoms with Gasteiger partial charge in [-0.1, -0.05) is 27.7 Å². The van der Waals surface area contributed by atoms with E-state index in [0.717, 1.165) is 13.2 Å². The molecule has 4 nitrogen and oxygen atoms in total. The average Bonchev–Trinajstić information content (AvgIpc) is 2.45. The van der Waals surface area contributed by atoms with Crippen LogP contribution in [0.3, 0.4) is 0 Å². The molecule has 1 aliphatic heterocycles. The zero-order chi connectivity index (χ0) is 14.2. The van der Waals surface area contributed by atoms with Crippen LogP contribution < -0.4 is 0 Å². The molecule has 1 rings (SSSR count). The molecule has 1 fully saturated rings. The number of piperazine rings is 1. The van der Waals surface area contributed by atoms with Gasteiger partial charge < -0.3 is 14.4 Å². The van der Waals surface area contributed by atoms with Gasteiger partial charge in [0, 0.05) is 39.8 Å². The molecule has 0 N–H and O–H groups in total. The van der Waals surface area contributed by atoms with E-state index in [4.69, 9.17) is 9.47 Å².